The molecule has 2 amide bonds. The van der Waals surface area contributed by atoms with E-state index in [0.29, 0.717) is 18.2 Å². The third kappa shape index (κ3) is 4.52. The Bertz CT molecular complexity index is 429. The van der Waals surface area contributed by atoms with Crippen molar-refractivity contribution >= 4 is 27.7 Å². The predicted octanol–water partition coefficient (Wildman–Crippen LogP) is 1.67. The van der Waals surface area contributed by atoms with Crippen molar-refractivity contribution in [3.63, 3.8) is 0 Å². The monoisotopic (exact) mass is 315 g/mol. The van der Waals surface area contributed by atoms with Crippen LogP contribution in [-0.4, -0.2) is 29.4 Å². The van der Waals surface area contributed by atoms with Crippen LogP contribution in [0.15, 0.2) is 16.7 Å². The Labute approximate surface area is 115 Å². The Hall–Kier alpha value is -1.30. The van der Waals surface area contributed by atoms with Crippen LogP contribution in [-0.2, 0) is 4.79 Å². The summed E-state index contributed by atoms with van der Waals surface area (Å²) < 4.78 is 0.796. The fraction of sp³-hybridized carbons (Fsp3) is 0.500. The molecule has 1 heterocycles. The van der Waals surface area contributed by atoms with Gasteiger partial charge < -0.3 is 15.6 Å². The van der Waals surface area contributed by atoms with Crippen molar-refractivity contribution < 1.29 is 9.59 Å². The van der Waals surface area contributed by atoms with E-state index in [0.717, 1.165) is 4.47 Å². The quantitative estimate of drug-likeness (QED) is 0.773. The highest BCUT2D eigenvalue weighted by Gasteiger charge is 2.17. The molecule has 0 spiro atoms. The average Bonchev–Trinajstić information content (AvgIpc) is 2.72. The van der Waals surface area contributed by atoms with E-state index >= 15 is 0 Å². The molecule has 1 unspecified atom stereocenters. The molecule has 0 saturated carbocycles. The van der Waals surface area contributed by atoms with Gasteiger partial charge in [0.25, 0.3) is 5.91 Å². The van der Waals surface area contributed by atoms with Crippen LogP contribution >= 0.6 is 15.9 Å². The van der Waals surface area contributed by atoms with Gasteiger partial charge in [-0.3, -0.25) is 9.59 Å². The Kier molecular flexibility index (Phi) is 5.40. The van der Waals surface area contributed by atoms with E-state index in [9.17, 15) is 9.59 Å². The van der Waals surface area contributed by atoms with Crippen LogP contribution in [0.3, 0.4) is 0 Å². The lowest BCUT2D eigenvalue weighted by atomic mass is 10.2. The second kappa shape index (κ2) is 6.58. The van der Waals surface area contributed by atoms with Gasteiger partial charge in [-0.1, -0.05) is 13.8 Å². The molecule has 0 saturated heterocycles. The number of H-pyrrole nitrogens is 1. The number of rotatable bonds is 5. The second-order valence-electron chi connectivity index (χ2n) is 4.57. The van der Waals surface area contributed by atoms with Crippen LogP contribution in [0.2, 0.25) is 0 Å². The summed E-state index contributed by atoms with van der Waals surface area (Å²) in [6.07, 6.45) is 1.67. The molecule has 0 aliphatic heterocycles. The Balaban J connectivity index is 2.46. The molecule has 5 nitrogen and oxygen atoms in total. The lowest BCUT2D eigenvalue weighted by Gasteiger charge is -2.14. The molecule has 18 heavy (non-hydrogen) atoms. The average molecular weight is 316 g/mol. The minimum absolute atomic E-state index is 0.178. The summed E-state index contributed by atoms with van der Waals surface area (Å²) in [5.74, 6) is -0.0909. The van der Waals surface area contributed by atoms with Gasteiger partial charge in [0.05, 0.1) is 0 Å². The van der Waals surface area contributed by atoms with Crippen molar-refractivity contribution in [2.75, 3.05) is 6.54 Å². The predicted molar refractivity (Wildman–Crippen MR) is 73.3 cm³/mol. The Morgan fingerprint density at radius 2 is 2.06 bits per heavy atom. The standard InChI is InChI=1S/C12H18BrN3O2/c1-7(2)5-15-11(17)8(3)16-12(18)10-4-9(13)6-14-10/h4,6-8,14H,5H2,1-3H3,(H,15,17)(H,16,18). The molecule has 100 valence electrons. The number of hydrogen-bond donors (Lipinski definition) is 3. The first-order valence-corrected chi connectivity index (χ1v) is 6.62. The maximum atomic E-state index is 11.8. The fourth-order valence-electron chi connectivity index (χ4n) is 1.30. The van der Waals surface area contributed by atoms with Crippen LogP contribution in [0.4, 0.5) is 0 Å². The van der Waals surface area contributed by atoms with E-state index in [-0.39, 0.29) is 11.8 Å². The highest BCUT2D eigenvalue weighted by Crippen LogP contribution is 2.10. The molecule has 0 fully saturated rings. The second-order valence-corrected chi connectivity index (χ2v) is 5.48. The summed E-state index contributed by atoms with van der Waals surface area (Å²) in [6, 6.07) is 1.10. The first-order valence-electron chi connectivity index (χ1n) is 5.82. The number of hydrogen-bond acceptors (Lipinski definition) is 2. The lowest BCUT2D eigenvalue weighted by Crippen LogP contribution is -2.45. The van der Waals surface area contributed by atoms with Gasteiger partial charge in [-0.05, 0) is 34.8 Å². The van der Waals surface area contributed by atoms with Crippen molar-refractivity contribution in [3.05, 3.63) is 22.4 Å². The third-order valence-corrected chi connectivity index (χ3v) is 2.78. The van der Waals surface area contributed by atoms with Crippen molar-refractivity contribution in [1.29, 1.82) is 0 Å². The number of aromatic amines is 1. The molecule has 0 bridgehead atoms. The summed E-state index contributed by atoms with van der Waals surface area (Å²) in [7, 11) is 0. The van der Waals surface area contributed by atoms with E-state index in [1.165, 1.54) is 0 Å². The van der Waals surface area contributed by atoms with E-state index in [2.05, 4.69) is 31.5 Å². The van der Waals surface area contributed by atoms with Crippen molar-refractivity contribution in [2.45, 2.75) is 26.8 Å². The first kappa shape index (κ1) is 14.8. The zero-order valence-electron chi connectivity index (χ0n) is 10.7. The van der Waals surface area contributed by atoms with E-state index in [1.807, 2.05) is 13.8 Å². The summed E-state index contributed by atoms with van der Waals surface area (Å²) in [5.41, 5.74) is 0.422. The number of amides is 2. The molecule has 1 atom stereocenters. The number of carbonyl (C=O) groups is 2. The van der Waals surface area contributed by atoms with Crippen LogP contribution in [0.25, 0.3) is 0 Å². The van der Waals surface area contributed by atoms with Crippen molar-refractivity contribution in [3.8, 4) is 0 Å². The Morgan fingerprint density at radius 3 is 2.56 bits per heavy atom. The van der Waals surface area contributed by atoms with Gasteiger partial charge >= 0.3 is 0 Å². The van der Waals surface area contributed by atoms with Crippen molar-refractivity contribution in [1.82, 2.24) is 15.6 Å². The molecule has 0 aliphatic rings. The van der Waals surface area contributed by atoms with Gasteiger partial charge in [-0.25, -0.2) is 0 Å². The number of carbonyl (C=O) groups excluding carboxylic acids is 2. The molecule has 0 radical (unpaired) electrons. The van der Waals surface area contributed by atoms with E-state index < -0.39 is 6.04 Å². The van der Waals surface area contributed by atoms with Crippen LogP contribution < -0.4 is 10.6 Å². The minimum Gasteiger partial charge on any atom is -0.356 e. The van der Waals surface area contributed by atoms with Crippen LogP contribution in [0.5, 0.6) is 0 Å². The molecule has 1 aromatic rings. The fourth-order valence-corrected chi connectivity index (χ4v) is 1.64. The smallest absolute Gasteiger partial charge is 0.268 e. The summed E-state index contributed by atoms with van der Waals surface area (Å²) >= 11 is 3.25. The zero-order valence-corrected chi connectivity index (χ0v) is 12.3. The van der Waals surface area contributed by atoms with Gasteiger partial charge in [0.1, 0.15) is 11.7 Å². The number of nitrogens with one attached hydrogen (secondary N) is 3. The maximum Gasteiger partial charge on any atom is 0.268 e. The highest BCUT2D eigenvalue weighted by atomic mass is 79.9. The van der Waals surface area contributed by atoms with Gasteiger partial charge in [-0.2, -0.15) is 0 Å². The topological polar surface area (TPSA) is 74.0 Å². The molecule has 0 aliphatic carbocycles. The SMILES string of the molecule is CC(C)CNC(=O)C(C)NC(=O)c1cc(Br)c[nH]1. The van der Waals surface area contributed by atoms with Gasteiger partial charge in [-0.15, -0.1) is 0 Å². The van der Waals surface area contributed by atoms with Crippen molar-refractivity contribution in [2.24, 2.45) is 5.92 Å². The zero-order chi connectivity index (χ0) is 13.7. The third-order valence-electron chi connectivity index (χ3n) is 2.32. The molecule has 3 N–H and O–H groups in total. The Morgan fingerprint density at radius 1 is 1.39 bits per heavy atom. The van der Waals surface area contributed by atoms with Gasteiger partial charge in [0.15, 0.2) is 0 Å². The van der Waals surface area contributed by atoms with E-state index in [4.69, 9.17) is 0 Å². The molecule has 1 aromatic heterocycles. The number of halogens is 1. The summed E-state index contributed by atoms with van der Waals surface area (Å²) in [6.45, 7) is 6.29. The molecular weight excluding hydrogens is 298 g/mol. The number of aromatic nitrogens is 1. The minimum atomic E-state index is -0.557. The first-order chi connectivity index (χ1) is 8.40. The maximum absolute atomic E-state index is 11.8. The van der Waals surface area contributed by atoms with E-state index in [1.54, 1.807) is 19.2 Å². The van der Waals surface area contributed by atoms with Crippen LogP contribution in [0.1, 0.15) is 31.3 Å². The largest absolute Gasteiger partial charge is 0.356 e. The van der Waals surface area contributed by atoms with Gasteiger partial charge in [0.2, 0.25) is 5.91 Å². The van der Waals surface area contributed by atoms with Crippen LogP contribution in [0, 0.1) is 5.92 Å². The molecule has 0 aromatic carbocycles. The molecular formula is C12H18BrN3O2. The molecule has 1 rings (SSSR count). The normalized spacial score (nSPS) is 12.3. The highest BCUT2D eigenvalue weighted by molar-refractivity contribution is 9.10. The summed E-state index contributed by atoms with van der Waals surface area (Å²) in [4.78, 5) is 26.3. The molecule has 6 heteroatoms. The lowest BCUT2D eigenvalue weighted by molar-refractivity contribution is -0.122. The summed E-state index contributed by atoms with van der Waals surface area (Å²) in [5, 5.41) is 5.40. The van der Waals surface area contributed by atoms with Gasteiger partial charge in [0, 0.05) is 17.2 Å².